The van der Waals surface area contributed by atoms with Crippen molar-refractivity contribution in [1.29, 1.82) is 0 Å². The van der Waals surface area contributed by atoms with E-state index in [1.54, 1.807) is 19.1 Å². The quantitative estimate of drug-likeness (QED) is 0.609. The van der Waals surface area contributed by atoms with E-state index in [0.29, 0.717) is 0 Å². The van der Waals surface area contributed by atoms with E-state index in [1.807, 2.05) is 48.5 Å². The van der Waals surface area contributed by atoms with E-state index in [2.05, 4.69) is 0 Å². The SMILES string of the molecule is COc1ccc(-c2cc(=NCCC[NH+]3CCOCC3)c3cc(OC)ccc3o2)cc1. The first kappa shape index (κ1) is 20.4. The molecule has 1 aliphatic rings. The predicted octanol–water partition coefficient (Wildman–Crippen LogP) is 2.32. The Bertz CT molecular complexity index is 1040. The minimum absolute atomic E-state index is 0.780. The highest BCUT2D eigenvalue weighted by Gasteiger charge is 2.13. The molecule has 0 aliphatic carbocycles. The lowest BCUT2D eigenvalue weighted by atomic mass is 10.1. The fourth-order valence-electron chi connectivity index (χ4n) is 3.74. The van der Waals surface area contributed by atoms with Crippen molar-refractivity contribution in [3.05, 3.63) is 53.9 Å². The first-order chi connectivity index (χ1) is 14.8. The molecule has 2 aromatic carbocycles. The molecule has 0 atom stereocenters. The van der Waals surface area contributed by atoms with Crippen molar-refractivity contribution in [3.63, 3.8) is 0 Å². The van der Waals surface area contributed by atoms with Gasteiger partial charge in [0.15, 0.2) is 0 Å². The number of ether oxygens (including phenoxy) is 3. The van der Waals surface area contributed by atoms with Gasteiger partial charge in [0.25, 0.3) is 0 Å². The Hall–Kier alpha value is -2.83. The molecule has 0 spiro atoms. The summed E-state index contributed by atoms with van der Waals surface area (Å²) >= 11 is 0. The summed E-state index contributed by atoms with van der Waals surface area (Å²) in [6.45, 7) is 5.81. The van der Waals surface area contributed by atoms with Gasteiger partial charge in [0.2, 0.25) is 0 Å². The van der Waals surface area contributed by atoms with Gasteiger partial charge in [-0.1, -0.05) is 0 Å². The Kier molecular flexibility index (Phi) is 6.67. The highest BCUT2D eigenvalue weighted by atomic mass is 16.5. The van der Waals surface area contributed by atoms with Crippen LogP contribution in [0.25, 0.3) is 22.3 Å². The summed E-state index contributed by atoms with van der Waals surface area (Å²) in [5.74, 6) is 2.40. The van der Waals surface area contributed by atoms with Gasteiger partial charge >= 0.3 is 0 Å². The second-order valence-electron chi connectivity index (χ2n) is 7.43. The van der Waals surface area contributed by atoms with Gasteiger partial charge < -0.3 is 23.5 Å². The van der Waals surface area contributed by atoms with Crippen molar-refractivity contribution in [2.24, 2.45) is 4.99 Å². The van der Waals surface area contributed by atoms with Gasteiger partial charge in [-0.05, 0) is 42.5 Å². The van der Waals surface area contributed by atoms with Gasteiger partial charge in [-0.3, -0.25) is 4.99 Å². The van der Waals surface area contributed by atoms with Gasteiger partial charge in [-0.25, -0.2) is 0 Å². The lowest BCUT2D eigenvalue weighted by molar-refractivity contribution is -0.908. The zero-order valence-electron chi connectivity index (χ0n) is 17.6. The molecule has 1 saturated heterocycles. The van der Waals surface area contributed by atoms with Crippen molar-refractivity contribution in [2.45, 2.75) is 6.42 Å². The number of fused-ring (bicyclic) bond motifs is 1. The molecule has 0 saturated carbocycles. The zero-order chi connectivity index (χ0) is 20.8. The lowest BCUT2D eigenvalue weighted by Gasteiger charge is -2.23. The number of hydrogen-bond donors (Lipinski definition) is 1. The summed E-state index contributed by atoms with van der Waals surface area (Å²) in [6, 6.07) is 15.7. The first-order valence-corrected chi connectivity index (χ1v) is 10.4. The Morgan fingerprint density at radius 3 is 2.40 bits per heavy atom. The molecule has 1 aliphatic heterocycles. The molecular formula is C24H29N2O4+. The summed E-state index contributed by atoms with van der Waals surface area (Å²) < 4.78 is 22.3. The highest BCUT2D eigenvalue weighted by molar-refractivity contribution is 5.80. The Morgan fingerprint density at radius 1 is 0.933 bits per heavy atom. The van der Waals surface area contributed by atoms with Crippen LogP contribution >= 0.6 is 0 Å². The molecule has 6 heteroatoms. The van der Waals surface area contributed by atoms with Gasteiger partial charge in [0.1, 0.15) is 35.9 Å². The maximum atomic E-state index is 6.19. The van der Waals surface area contributed by atoms with Crippen LogP contribution in [-0.2, 0) is 4.74 Å². The number of quaternary nitrogens is 1. The van der Waals surface area contributed by atoms with Crippen LogP contribution in [0.15, 0.2) is 57.9 Å². The third-order valence-corrected chi connectivity index (χ3v) is 5.50. The third kappa shape index (κ3) is 4.83. The molecule has 6 nitrogen and oxygen atoms in total. The highest BCUT2D eigenvalue weighted by Crippen LogP contribution is 2.26. The Morgan fingerprint density at radius 2 is 1.67 bits per heavy atom. The summed E-state index contributed by atoms with van der Waals surface area (Å²) in [4.78, 5) is 6.53. The molecule has 3 aromatic rings. The largest absolute Gasteiger partial charge is 0.497 e. The minimum atomic E-state index is 0.780. The fraction of sp³-hybridized carbons (Fsp3) is 0.375. The molecule has 1 aromatic heterocycles. The van der Waals surface area contributed by atoms with Crippen molar-refractivity contribution in [2.75, 3.05) is 53.6 Å². The molecule has 158 valence electrons. The number of benzene rings is 2. The van der Waals surface area contributed by atoms with Gasteiger partial charge in [-0.15, -0.1) is 0 Å². The predicted molar refractivity (Wildman–Crippen MR) is 116 cm³/mol. The standard InChI is InChI=1S/C24H28N2O4/c1-27-19-6-4-18(5-7-19)24-17-22(21-16-20(28-2)8-9-23(21)30-24)25-10-3-11-26-12-14-29-15-13-26/h4-9,16-17H,3,10-15H2,1-2H3/p+1. The van der Waals surface area contributed by atoms with E-state index in [0.717, 1.165) is 85.0 Å². The van der Waals surface area contributed by atoms with Gasteiger partial charge in [-0.2, -0.15) is 0 Å². The van der Waals surface area contributed by atoms with E-state index < -0.39 is 0 Å². The van der Waals surface area contributed by atoms with Crippen LogP contribution in [0, 0.1) is 0 Å². The van der Waals surface area contributed by atoms with Crippen LogP contribution in [0.2, 0.25) is 0 Å². The van der Waals surface area contributed by atoms with Crippen molar-refractivity contribution < 1.29 is 23.5 Å². The van der Waals surface area contributed by atoms with Crippen LogP contribution in [0.1, 0.15) is 6.42 Å². The normalized spacial score (nSPS) is 15.5. The second kappa shape index (κ2) is 9.78. The molecule has 0 bridgehead atoms. The summed E-state index contributed by atoms with van der Waals surface area (Å²) in [5, 5.41) is 1.89. The van der Waals surface area contributed by atoms with Crippen LogP contribution < -0.4 is 19.7 Å². The molecule has 0 amide bonds. The lowest BCUT2D eigenvalue weighted by Crippen LogP contribution is -3.14. The van der Waals surface area contributed by atoms with E-state index in [-0.39, 0.29) is 0 Å². The van der Waals surface area contributed by atoms with E-state index in [9.17, 15) is 0 Å². The number of morpholine rings is 1. The number of nitrogens with zero attached hydrogens (tertiary/aromatic N) is 1. The average Bonchev–Trinajstić information content (AvgIpc) is 2.82. The van der Waals surface area contributed by atoms with Crippen molar-refractivity contribution in [1.82, 2.24) is 0 Å². The van der Waals surface area contributed by atoms with Gasteiger partial charge in [0, 0.05) is 30.0 Å². The Balaban J connectivity index is 1.63. The molecule has 0 unspecified atom stereocenters. The molecule has 4 rings (SSSR count). The summed E-state index contributed by atoms with van der Waals surface area (Å²) in [7, 11) is 3.34. The smallest absolute Gasteiger partial charge is 0.137 e. The molecule has 1 fully saturated rings. The topological polar surface area (TPSA) is 57.6 Å². The molecule has 30 heavy (non-hydrogen) atoms. The minimum Gasteiger partial charge on any atom is -0.497 e. The van der Waals surface area contributed by atoms with E-state index in [1.165, 1.54) is 0 Å². The summed E-state index contributed by atoms with van der Waals surface area (Å²) in [5.41, 5.74) is 1.78. The summed E-state index contributed by atoms with van der Waals surface area (Å²) in [6.07, 6.45) is 1.05. The van der Waals surface area contributed by atoms with E-state index in [4.69, 9.17) is 23.6 Å². The van der Waals surface area contributed by atoms with Crippen LogP contribution in [0.4, 0.5) is 0 Å². The molecule has 1 N–H and O–H groups in total. The maximum Gasteiger partial charge on any atom is 0.137 e. The van der Waals surface area contributed by atoms with Crippen LogP contribution in [-0.4, -0.2) is 53.6 Å². The molecular weight excluding hydrogens is 380 g/mol. The zero-order valence-corrected chi connectivity index (χ0v) is 17.6. The first-order valence-electron chi connectivity index (χ1n) is 10.4. The molecule has 0 radical (unpaired) electrons. The fourth-order valence-corrected chi connectivity index (χ4v) is 3.74. The van der Waals surface area contributed by atoms with Gasteiger partial charge in [0.05, 0.1) is 39.3 Å². The number of nitrogens with one attached hydrogen (secondary N) is 1. The number of methoxy groups -OCH3 is 2. The monoisotopic (exact) mass is 409 g/mol. The van der Waals surface area contributed by atoms with Crippen LogP contribution in [0.3, 0.4) is 0 Å². The van der Waals surface area contributed by atoms with E-state index >= 15 is 0 Å². The second-order valence-corrected chi connectivity index (χ2v) is 7.43. The average molecular weight is 410 g/mol. The maximum absolute atomic E-state index is 6.19. The van der Waals surface area contributed by atoms with Crippen molar-refractivity contribution >= 4 is 11.0 Å². The van der Waals surface area contributed by atoms with Crippen molar-refractivity contribution in [3.8, 4) is 22.8 Å². The third-order valence-electron chi connectivity index (χ3n) is 5.50. The molecule has 2 heterocycles. The number of rotatable bonds is 7. The Labute approximate surface area is 176 Å². The number of hydrogen-bond acceptors (Lipinski definition) is 5. The van der Waals surface area contributed by atoms with Crippen LogP contribution in [0.5, 0.6) is 11.5 Å².